The number of hydrogen-bond acceptors (Lipinski definition) is 3. The molecule has 0 heterocycles. The maximum atomic E-state index is 12.2. The highest BCUT2D eigenvalue weighted by Gasteiger charge is 2.07. The van der Waals surface area contributed by atoms with Crippen LogP contribution >= 0.6 is 11.6 Å². The van der Waals surface area contributed by atoms with E-state index in [0.717, 1.165) is 22.4 Å². The largest absolute Gasteiger partial charge is 0.493 e. The van der Waals surface area contributed by atoms with Gasteiger partial charge in [0.25, 0.3) is 0 Å². The Hall–Kier alpha value is -2.04. The van der Waals surface area contributed by atoms with E-state index in [2.05, 4.69) is 6.58 Å². The van der Waals surface area contributed by atoms with Gasteiger partial charge in [0.1, 0.15) is 30.9 Å². The van der Waals surface area contributed by atoms with Crippen molar-refractivity contribution in [1.29, 1.82) is 0 Å². The smallest absolute Gasteiger partial charge is 0.119 e. The summed E-state index contributed by atoms with van der Waals surface area (Å²) >= 11 is 5.78. The molecule has 26 heavy (non-hydrogen) atoms. The Morgan fingerprint density at radius 3 is 1.88 bits per heavy atom. The molecule has 0 amide bonds. The van der Waals surface area contributed by atoms with Gasteiger partial charge in [0, 0.05) is 11.8 Å². The number of halogens is 2. The van der Waals surface area contributed by atoms with Crippen molar-refractivity contribution in [3.63, 3.8) is 0 Å². The molecule has 0 aliphatic heterocycles. The van der Waals surface area contributed by atoms with E-state index in [1.165, 1.54) is 0 Å². The number of benzene rings is 2. The molecule has 0 aromatic heterocycles. The third-order valence-corrected chi connectivity index (χ3v) is 4.35. The lowest BCUT2D eigenvalue weighted by Gasteiger charge is -2.12. The van der Waals surface area contributed by atoms with Crippen LogP contribution in [-0.2, 0) is 0 Å². The number of alkyl halides is 2. The Labute approximate surface area is 159 Å². The molecule has 0 unspecified atom stereocenters. The van der Waals surface area contributed by atoms with Crippen molar-refractivity contribution in [1.82, 2.24) is 0 Å². The molecule has 0 aliphatic carbocycles. The third-order valence-electron chi connectivity index (χ3n) is 3.82. The summed E-state index contributed by atoms with van der Waals surface area (Å²) in [5, 5.41) is 9.18. The quantitative estimate of drug-likeness (QED) is 0.608. The maximum absolute atomic E-state index is 12.2. The molecule has 2 atom stereocenters. The lowest BCUT2D eigenvalue weighted by atomic mass is 9.99. The predicted octanol–water partition coefficient (Wildman–Crippen LogP) is 4.71. The standard InChI is InChI=1S/C21H24ClFO3/c1-15(11-22)13-25-20-7-3-17(4-8-20)16(2)18-5-9-21(10-6-18)26-14-19(24)12-23/h3-10,15,19,24H,2,11-14H2,1H3/t15-,19-/m0/s1. The normalized spacial score (nSPS) is 13.1. The summed E-state index contributed by atoms with van der Waals surface area (Å²) in [6.45, 7) is 5.87. The minimum absolute atomic E-state index is 0.0689. The molecule has 2 aromatic carbocycles. The summed E-state index contributed by atoms with van der Waals surface area (Å²) in [4.78, 5) is 0. The molecule has 2 aromatic rings. The van der Waals surface area contributed by atoms with Crippen LogP contribution in [-0.4, -0.2) is 37.0 Å². The van der Waals surface area contributed by atoms with Crippen molar-refractivity contribution in [3.05, 3.63) is 66.2 Å². The number of aliphatic hydroxyl groups excluding tert-OH is 1. The molecule has 0 radical (unpaired) electrons. The van der Waals surface area contributed by atoms with Gasteiger partial charge < -0.3 is 14.6 Å². The van der Waals surface area contributed by atoms with Crippen LogP contribution in [0.4, 0.5) is 4.39 Å². The second kappa shape index (κ2) is 10.2. The van der Waals surface area contributed by atoms with Gasteiger partial charge in [-0.1, -0.05) is 37.8 Å². The van der Waals surface area contributed by atoms with E-state index in [0.29, 0.717) is 24.2 Å². The minimum Gasteiger partial charge on any atom is -0.493 e. The van der Waals surface area contributed by atoms with Crippen LogP contribution in [0.1, 0.15) is 18.1 Å². The number of rotatable bonds is 10. The summed E-state index contributed by atoms with van der Waals surface area (Å²) in [6, 6.07) is 15.1. The molecule has 5 heteroatoms. The third kappa shape index (κ3) is 6.04. The van der Waals surface area contributed by atoms with Crippen LogP contribution in [0, 0.1) is 5.92 Å². The van der Waals surface area contributed by atoms with Crippen LogP contribution < -0.4 is 9.47 Å². The lowest BCUT2D eigenvalue weighted by molar-refractivity contribution is 0.0842. The second-order valence-corrected chi connectivity index (χ2v) is 6.53. The topological polar surface area (TPSA) is 38.7 Å². The Morgan fingerprint density at radius 1 is 1.00 bits per heavy atom. The van der Waals surface area contributed by atoms with Crippen LogP contribution in [0.15, 0.2) is 55.1 Å². The Bertz CT molecular complexity index is 626. The van der Waals surface area contributed by atoms with Gasteiger partial charge in [-0.3, -0.25) is 0 Å². The van der Waals surface area contributed by atoms with E-state index in [1.807, 2.05) is 43.3 Å². The molecule has 0 bridgehead atoms. The number of aliphatic hydroxyl groups is 1. The summed E-state index contributed by atoms with van der Waals surface area (Å²) in [5.74, 6) is 2.25. The van der Waals surface area contributed by atoms with E-state index in [1.54, 1.807) is 12.1 Å². The molecule has 3 nitrogen and oxygen atoms in total. The van der Waals surface area contributed by atoms with Crippen LogP contribution in [0.3, 0.4) is 0 Å². The van der Waals surface area contributed by atoms with Gasteiger partial charge in [0.15, 0.2) is 0 Å². The zero-order valence-electron chi connectivity index (χ0n) is 14.8. The molecular weight excluding hydrogens is 355 g/mol. The monoisotopic (exact) mass is 378 g/mol. The molecule has 140 valence electrons. The Balaban J connectivity index is 1.95. The van der Waals surface area contributed by atoms with Gasteiger partial charge in [0.05, 0.1) is 6.61 Å². The van der Waals surface area contributed by atoms with E-state index in [4.69, 9.17) is 21.1 Å². The van der Waals surface area contributed by atoms with Gasteiger partial charge in [-0.05, 0) is 41.0 Å². The highest BCUT2D eigenvalue weighted by molar-refractivity contribution is 6.18. The Kier molecular flexibility index (Phi) is 7.95. The van der Waals surface area contributed by atoms with Crippen molar-refractivity contribution in [2.75, 3.05) is 25.8 Å². The molecule has 0 fully saturated rings. The average molecular weight is 379 g/mol. The summed E-state index contributed by atoms with van der Waals surface area (Å²) < 4.78 is 23.2. The highest BCUT2D eigenvalue weighted by atomic mass is 35.5. The summed E-state index contributed by atoms with van der Waals surface area (Å²) in [5.41, 5.74) is 2.82. The summed E-state index contributed by atoms with van der Waals surface area (Å²) in [7, 11) is 0. The SMILES string of the molecule is C=C(c1ccc(OC[C@@H](C)CCl)cc1)c1ccc(OC[C@@H](O)CF)cc1. The predicted molar refractivity (Wildman–Crippen MR) is 104 cm³/mol. The maximum Gasteiger partial charge on any atom is 0.119 e. The van der Waals surface area contributed by atoms with Crippen LogP contribution in [0.5, 0.6) is 11.5 Å². The van der Waals surface area contributed by atoms with Crippen LogP contribution in [0.2, 0.25) is 0 Å². The first-order valence-corrected chi connectivity index (χ1v) is 9.02. The van der Waals surface area contributed by atoms with Gasteiger partial charge >= 0.3 is 0 Å². The molecule has 1 N–H and O–H groups in total. The molecule has 2 rings (SSSR count). The van der Waals surface area contributed by atoms with Crippen molar-refractivity contribution in [2.24, 2.45) is 5.92 Å². The van der Waals surface area contributed by atoms with Crippen molar-refractivity contribution < 1.29 is 19.0 Å². The number of hydrogen-bond donors (Lipinski definition) is 1. The van der Waals surface area contributed by atoms with E-state index >= 15 is 0 Å². The molecule has 0 aliphatic rings. The van der Waals surface area contributed by atoms with Gasteiger partial charge in [0.2, 0.25) is 0 Å². The van der Waals surface area contributed by atoms with Crippen molar-refractivity contribution >= 4 is 17.2 Å². The van der Waals surface area contributed by atoms with E-state index in [9.17, 15) is 9.50 Å². The zero-order chi connectivity index (χ0) is 18.9. The fourth-order valence-electron chi connectivity index (χ4n) is 2.19. The molecule has 0 saturated heterocycles. The zero-order valence-corrected chi connectivity index (χ0v) is 15.6. The van der Waals surface area contributed by atoms with Crippen molar-refractivity contribution in [3.8, 4) is 11.5 Å². The fourth-order valence-corrected chi connectivity index (χ4v) is 2.28. The summed E-state index contributed by atoms with van der Waals surface area (Å²) in [6.07, 6.45) is -1.10. The van der Waals surface area contributed by atoms with Crippen molar-refractivity contribution in [2.45, 2.75) is 13.0 Å². The lowest BCUT2D eigenvalue weighted by Crippen LogP contribution is -2.19. The van der Waals surface area contributed by atoms with Gasteiger partial charge in [-0.2, -0.15) is 0 Å². The first-order valence-electron chi connectivity index (χ1n) is 8.48. The van der Waals surface area contributed by atoms with Gasteiger partial charge in [-0.25, -0.2) is 4.39 Å². The second-order valence-electron chi connectivity index (χ2n) is 6.22. The first kappa shape index (κ1) is 20.3. The number of ether oxygens (including phenoxy) is 2. The fraction of sp³-hybridized carbons (Fsp3) is 0.333. The Morgan fingerprint density at radius 2 is 1.46 bits per heavy atom. The molecular formula is C21H24ClFO3. The molecule has 0 saturated carbocycles. The van der Waals surface area contributed by atoms with E-state index < -0.39 is 12.8 Å². The minimum atomic E-state index is -1.10. The first-order chi connectivity index (χ1) is 12.5. The van der Waals surface area contributed by atoms with E-state index in [-0.39, 0.29) is 6.61 Å². The average Bonchev–Trinajstić information content (AvgIpc) is 2.70. The molecule has 0 spiro atoms. The van der Waals surface area contributed by atoms with Crippen LogP contribution in [0.25, 0.3) is 5.57 Å². The highest BCUT2D eigenvalue weighted by Crippen LogP contribution is 2.25. The van der Waals surface area contributed by atoms with Gasteiger partial charge in [-0.15, -0.1) is 11.6 Å².